The van der Waals surface area contributed by atoms with E-state index in [-0.39, 0.29) is 17.4 Å². The lowest BCUT2D eigenvalue weighted by atomic mass is 10.2. The van der Waals surface area contributed by atoms with Crippen molar-refractivity contribution >= 4 is 11.8 Å². The monoisotopic (exact) mass is 269 g/mol. The Hall–Kier alpha value is -2.09. The lowest BCUT2D eigenvalue weighted by Gasteiger charge is -2.13. The van der Waals surface area contributed by atoms with E-state index in [9.17, 15) is 9.59 Å². The third kappa shape index (κ3) is 3.02. The fourth-order valence-corrected chi connectivity index (χ4v) is 1.95. The highest BCUT2D eigenvalue weighted by Crippen LogP contribution is 2.21. The number of carbonyl (C=O) groups is 1. The number of aliphatic carboxylic acids is 1. The van der Waals surface area contributed by atoms with Gasteiger partial charge < -0.3 is 24.9 Å². The summed E-state index contributed by atoms with van der Waals surface area (Å²) in [6, 6.07) is 0. The van der Waals surface area contributed by atoms with Gasteiger partial charge in [-0.05, 0) is 12.8 Å². The van der Waals surface area contributed by atoms with Crippen molar-refractivity contribution in [1.29, 1.82) is 0 Å². The fraction of sp³-hybridized carbons (Fsp3) is 0.545. The van der Waals surface area contributed by atoms with Crippen molar-refractivity contribution in [3.8, 4) is 5.75 Å². The SMILES string of the molecule is COc1c(NCC2CCC(C(=O)O)O2)nc[nH]c1=O. The van der Waals surface area contributed by atoms with Gasteiger partial charge in [0, 0.05) is 6.54 Å². The first-order valence-corrected chi connectivity index (χ1v) is 5.85. The van der Waals surface area contributed by atoms with Crippen molar-refractivity contribution in [2.75, 3.05) is 19.0 Å². The van der Waals surface area contributed by atoms with Gasteiger partial charge >= 0.3 is 5.97 Å². The van der Waals surface area contributed by atoms with E-state index in [4.69, 9.17) is 14.6 Å². The molecule has 0 aliphatic carbocycles. The highest BCUT2D eigenvalue weighted by Gasteiger charge is 2.30. The summed E-state index contributed by atoms with van der Waals surface area (Å²) in [6.07, 6.45) is 1.44. The molecule has 1 saturated heterocycles. The quantitative estimate of drug-likeness (QED) is 0.679. The summed E-state index contributed by atoms with van der Waals surface area (Å²) in [7, 11) is 1.38. The molecule has 0 bridgehead atoms. The summed E-state index contributed by atoms with van der Waals surface area (Å²) in [6.45, 7) is 0.372. The number of anilines is 1. The van der Waals surface area contributed by atoms with E-state index in [1.165, 1.54) is 13.4 Å². The molecule has 0 aromatic carbocycles. The molecule has 1 aromatic heterocycles. The van der Waals surface area contributed by atoms with E-state index in [2.05, 4.69) is 15.3 Å². The first-order chi connectivity index (χ1) is 9.11. The molecule has 1 fully saturated rings. The van der Waals surface area contributed by atoms with Crippen LogP contribution in [-0.2, 0) is 9.53 Å². The van der Waals surface area contributed by atoms with Crippen LogP contribution < -0.4 is 15.6 Å². The maximum absolute atomic E-state index is 11.4. The number of aromatic nitrogens is 2. The molecule has 2 unspecified atom stereocenters. The van der Waals surface area contributed by atoms with Gasteiger partial charge in [-0.25, -0.2) is 9.78 Å². The van der Waals surface area contributed by atoms with Crippen molar-refractivity contribution < 1.29 is 19.4 Å². The molecule has 2 rings (SSSR count). The van der Waals surface area contributed by atoms with Gasteiger partial charge in [-0.1, -0.05) is 0 Å². The number of nitrogens with zero attached hydrogens (tertiary/aromatic N) is 1. The number of ether oxygens (including phenoxy) is 2. The molecule has 2 atom stereocenters. The summed E-state index contributed by atoms with van der Waals surface area (Å²) in [5.41, 5.74) is -0.379. The zero-order valence-corrected chi connectivity index (χ0v) is 10.4. The Bertz CT molecular complexity index is 515. The second kappa shape index (κ2) is 5.70. The fourth-order valence-electron chi connectivity index (χ4n) is 1.95. The third-order valence-electron chi connectivity index (χ3n) is 2.89. The highest BCUT2D eigenvalue weighted by molar-refractivity contribution is 5.72. The Labute approximate surface area is 108 Å². The van der Waals surface area contributed by atoms with Gasteiger partial charge in [0.2, 0.25) is 5.75 Å². The number of carboxylic acids is 1. The average Bonchev–Trinajstić information content (AvgIpc) is 2.85. The predicted octanol–water partition coefficient (Wildman–Crippen LogP) is -0.177. The second-order valence-electron chi connectivity index (χ2n) is 4.16. The Morgan fingerprint density at radius 3 is 3.11 bits per heavy atom. The highest BCUT2D eigenvalue weighted by atomic mass is 16.5. The molecular formula is C11H15N3O5. The van der Waals surface area contributed by atoms with Crippen LogP contribution in [0.2, 0.25) is 0 Å². The van der Waals surface area contributed by atoms with Crippen molar-refractivity contribution in [2.24, 2.45) is 0 Å². The summed E-state index contributed by atoms with van der Waals surface area (Å²) >= 11 is 0. The number of hydrogen-bond acceptors (Lipinski definition) is 6. The van der Waals surface area contributed by atoms with Crippen LogP contribution in [-0.4, -0.2) is 46.9 Å². The van der Waals surface area contributed by atoms with Gasteiger partial charge in [0.1, 0.15) is 0 Å². The zero-order valence-electron chi connectivity index (χ0n) is 10.4. The summed E-state index contributed by atoms with van der Waals surface area (Å²) < 4.78 is 10.3. The number of nitrogens with one attached hydrogen (secondary N) is 2. The summed E-state index contributed by atoms with van der Waals surface area (Å²) in [4.78, 5) is 28.5. The van der Waals surface area contributed by atoms with Crippen LogP contribution in [0.25, 0.3) is 0 Å². The first-order valence-electron chi connectivity index (χ1n) is 5.85. The van der Waals surface area contributed by atoms with E-state index in [1.54, 1.807) is 0 Å². The van der Waals surface area contributed by atoms with Gasteiger partial charge in [-0.3, -0.25) is 4.79 Å². The van der Waals surface area contributed by atoms with Crippen molar-refractivity contribution in [1.82, 2.24) is 9.97 Å². The van der Waals surface area contributed by atoms with Gasteiger partial charge in [0.15, 0.2) is 11.9 Å². The minimum atomic E-state index is -0.950. The molecule has 2 heterocycles. The summed E-state index contributed by atoms with van der Waals surface area (Å²) in [5.74, 6) is -0.543. The third-order valence-corrected chi connectivity index (χ3v) is 2.89. The maximum Gasteiger partial charge on any atom is 0.332 e. The smallest absolute Gasteiger partial charge is 0.332 e. The maximum atomic E-state index is 11.4. The standard InChI is InChI=1S/C11H15N3O5/c1-18-8-9(13-5-14-10(8)15)12-4-6-2-3-7(19-6)11(16)17/h5-7H,2-4H2,1H3,(H,16,17)(H2,12,13,14,15). The van der Waals surface area contributed by atoms with Crippen LogP contribution in [0, 0.1) is 0 Å². The first kappa shape index (κ1) is 13.3. The number of hydrogen-bond donors (Lipinski definition) is 3. The van der Waals surface area contributed by atoms with Crippen molar-refractivity contribution in [2.45, 2.75) is 25.0 Å². The molecule has 8 heteroatoms. The van der Waals surface area contributed by atoms with Crippen LogP contribution in [0.3, 0.4) is 0 Å². The van der Waals surface area contributed by atoms with Crippen LogP contribution in [0.15, 0.2) is 11.1 Å². The second-order valence-corrected chi connectivity index (χ2v) is 4.16. The molecule has 1 aliphatic rings. The minimum absolute atomic E-state index is 0.0929. The molecule has 104 valence electrons. The molecule has 3 N–H and O–H groups in total. The lowest BCUT2D eigenvalue weighted by Crippen LogP contribution is -2.25. The summed E-state index contributed by atoms with van der Waals surface area (Å²) in [5, 5.41) is 11.7. The largest absolute Gasteiger partial charge is 0.489 e. The number of aromatic amines is 1. The van der Waals surface area contributed by atoms with Crippen LogP contribution in [0.4, 0.5) is 5.82 Å². The van der Waals surface area contributed by atoms with Crippen LogP contribution in [0.5, 0.6) is 5.75 Å². The zero-order chi connectivity index (χ0) is 13.8. The van der Waals surface area contributed by atoms with Crippen molar-refractivity contribution in [3.05, 3.63) is 16.7 Å². The number of rotatable bonds is 5. The number of H-pyrrole nitrogens is 1. The Morgan fingerprint density at radius 2 is 2.47 bits per heavy atom. The number of methoxy groups -OCH3 is 1. The van der Waals surface area contributed by atoms with E-state index < -0.39 is 12.1 Å². The van der Waals surface area contributed by atoms with Crippen molar-refractivity contribution in [3.63, 3.8) is 0 Å². The molecular weight excluding hydrogens is 254 g/mol. The van der Waals surface area contributed by atoms with Gasteiger partial charge in [0.05, 0.1) is 19.5 Å². The molecule has 0 saturated carbocycles. The topological polar surface area (TPSA) is 114 Å². The van der Waals surface area contributed by atoms with Crippen LogP contribution in [0.1, 0.15) is 12.8 Å². The molecule has 0 amide bonds. The lowest BCUT2D eigenvalue weighted by molar-refractivity contribution is -0.149. The van der Waals surface area contributed by atoms with E-state index >= 15 is 0 Å². The Kier molecular flexibility index (Phi) is 4.00. The Balaban J connectivity index is 1.95. The van der Waals surface area contributed by atoms with E-state index in [0.717, 1.165) is 0 Å². The molecule has 19 heavy (non-hydrogen) atoms. The molecule has 0 radical (unpaired) electrons. The molecule has 8 nitrogen and oxygen atoms in total. The van der Waals surface area contributed by atoms with Gasteiger partial charge in [-0.15, -0.1) is 0 Å². The molecule has 1 aliphatic heterocycles. The van der Waals surface area contributed by atoms with Gasteiger partial charge in [-0.2, -0.15) is 0 Å². The normalized spacial score (nSPS) is 22.2. The number of carboxylic acid groups (broad SMARTS) is 1. The predicted molar refractivity (Wildman–Crippen MR) is 65.4 cm³/mol. The Morgan fingerprint density at radius 1 is 1.68 bits per heavy atom. The van der Waals surface area contributed by atoms with E-state index in [0.29, 0.717) is 25.2 Å². The molecule has 1 aromatic rings. The molecule has 0 spiro atoms. The van der Waals surface area contributed by atoms with E-state index in [1.807, 2.05) is 0 Å². The minimum Gasteiger partial charge on any atom is -0.489 e. The average molecular weight is 269 g/mol. The van der Waals surface area contributed by atoms with Crippen LogP contribution >= 0.6 is 0 Å². The van der Waals surface area contributed by atoms with Gasteiger partial charge in [0.25, 0.3) is 5.56 Å².